The number of carbonyl (C=O) groups is 2. The van der Waals surface area contributed by atoms with Crippen LogP contribution in [0.4, 0.5) is 0 Å². The van der Waals surface area contributed by atoms with Crippen LogP contribution in [0.1, 0.15) is 32.0 Å². The minimum absolute atomic E-state index is 0.127. The zero-order valence-electron chi connectivity index (χ0n) is 16.1. The van der Waals surface area contributed by atoms with Gasteiger partial charge < -0.3 is 20.9 Å². The fourth-order valence-corrected chi connectivity index (χ4v) is 3.41. The van der Waals surface area contributed by atoms with Crippen LogP contribution in [-0.2, 0) is 6.42 Å². The molecule has 8 heteroatoms. The first kappa shape index (κ1) is 19.8. The number of rotatable bonds is 5. The molecule has 4 rings (SSSR count). The van der Waals surface area contributed by atoms with Gasteiger partial charge in [-0.05, 0) is 41.0 Å². The minimum Gasteiger partial charge on any atom is -0.502 e. The third-order valence-corrected chi connectivity index (χ3v) is 4.91. The average Bonchev–Trinajstić information content (AvgIpc) is 2.75. The number of nitrogens with one attached hydrogen (secondary N) is 1. The Hall–Kier alpha value is -4.46. The number of nitrogens with zero attached hydrogens (tertiary/aromatic N) is 1. The second kappa shape index (κ2) is 7.75. The van der Waals surface area contributed by atoms with Crippen molar-refractivity contribution in [3.63, 3.8) is 0 Å². The number of carbonyl (C=O) groups excluding carboxylic acids is 1. The molecule has 4 aromatic rings. The zero-order valence-corrected chi connectivity index (χ0v) is 16.1. The Kier molecular flexibility index (Phi) is 4.96. The highest BCUT2D eigenvalue weighted by atomic mass is 16.4. The lowest BCUT2D eigenvalue weighted by atomic mass is 9.99. The van der Waals surface area contributed by atoms with Gasteiger partial charge in [0.2, 0.25) is 0 Å². The summed E-state index contributed by atoms with van der Waals surface area (Å²) < 4.78 is 0. The van der Waals surface area contributed by atoms with E-state index in [1.807, 2.05) is 24.3 Å². The number of amides is 1. The lowest BCUT2D eigenvalue weighted by Crippen LogP contribution is -2.18. The van der Waals surface area contributed by atoms with Crippen molar-refractivity contribution in [2.45, 2.75) is 6.42 Å². The molecule has 0 fully saturated rings. The Morgan fingerprint density at radius 1 is 1.00 bits per heavy atom. The Morgan fingerprint density at radius 3 is 2.42 bits per heavy atom. The number of nitrogens with two attached hydrogens (primary N) is 1. The fraction of sp³-hybridized carbons (Fsp3) is 0.0435. The molecule has 2 aromatic heterocycles. The largest absolute Gasteiger partial charge is 0.502 e. The molecule has 0 radical (unpaired) electrons. The first-order chi connectivity index (χ1) is 14.8. The maximum absolute atomic E-state index is 11.8. The van der Waals surface area contributed by atoms with Crippen LogP contribution < -0.4 is 11.3 Å². The van der Waals surface area contributed by atoms with Gasteiger partial charge in [0.05, 0.1) is 11.1 Å². The summed E-state index contributed by atoms with van der Waals surface area (Å²) in [7, 11) is 0. The van der Waals surface area contributed by atoms with Crippen molar-refractivity contribution in [3.8, 4) is 16.9 Å². The molecule has 8 nitrogen and oxygen atoms in total. The monoisotopic (exact) mass is 415 g/mol. The van der Waals surface area contributed by atoms with Crippen molar-refractivity contribution >= 4 is 22.9 Å². The lowest BCUT2D eigenvalue weighted by molar-refractivity contribution is 0.0696. The van der Waals surface area contributed by atoms with Crippen LogP contribution >= 0.6 is 0 Å². The van der Waals surface area contributed by atoms with Crippen LogP contribution in [0.25, 0.3) is 22.2 Å². The highest BCUT2D eigenvalue weighted by Gasteiger charge is 2.18. The molecule has 0 aliphatic carbocycles. The van der Waals surface area contributed by atoms with E-state index in [0.29, 0.717) is 17.6 Å². The predicted molar refractivity (Wildman–Crippen MR) is 114 cm³/mol. The smallest absolute Gasteiger partial charge is 0.335 e. The fourth-order valence-electron chi connectivity index (χ4n) is 3.41. The summed E-state index contributed by atoms with van der Waals surface area (Å²) in [5.74, 6) is -2.67. The first-order valence-electron chi connectivity index (χ1n) is 9.31. The number of aromatic carboxylic acids is 1. The van der Waals surface area contributed by atoms with Crippen molar-refractivity contribution < 1.29 is 19.8 Å². The number of aromatic nitrogens is 2. The van der Waals surface area contributed by atoms with Gasteiger partial charge >= 0.3 is 5.97 Å². The van der Waals surface area contributed by atoms with Crippen molar-refractivity contribution in [3.05, 3.63) is 93.4 Å². The molecule has 0 spiro atoms. The molecule has 5 N–H and O–H groups in total. The summed E-state index contributed by atoms with van der Waals surface area (Å²) in [4.78, 5) is 41.5. The van der Waals surface area contributed by atoms with Crippen molar-refractivity contribution in [1.29, 1.82) is 0 Å². The number of primary amides is 1. The number of fused-ring (bicyclic) bond motifs is 1. The van der Waals surface area contributed by atoms with E-state index in [4.69, 9.17) is 10.8 Å². The maximum atomic E-state index is 11.8. The summed E-state index contributed by atoms with van der Waals surface area (Å²) in [6.45, 7) is 0. The standard InChI is InChI=1S/C23H17N3O5/c24-21(28)18-19-17(26-22(29)20(18)27)9-8-16(25-19)11-12-2-1-3-15(10-12)13-4-6-14(7-5-13)23(30)31/h1-10,27H,11H2,(H2,24,28)(H,26,29)(H,30,31). The Bertz CT molecular complexity index is 1390. The van der Waals surface area contributed by atoms with Gasteiger partial charge in [0.15, 0.2) is 5.75 Å². The van der Waals surface area contributed by atoms with Gasteiger partial charge in [-0.2, -0.15) is 0 Å². The molecule has 0 aliphatic heterocycles. The molecule has 2 aromatic carbocycles. The molecule has 31 heavy (non-hydrogen) atoms. The van der Waals surface area contributed by atoms with E-state index in [9.17, 15) is 19.5 Å². The minimum atomic E-state index is -0.981. The number of aromatic amines is 1. The molecule has 0 saturated heterocycles. The summed E-state index contributed by atoms with van der Waals surface area (Å²) in [5.41, 5.74) is 8.18. The van der Waals surface area contributed by atoms with Crippen molar-refractivity contribution in [2.24, 2.45) is 5.73 Å². The highest BCUT2D eigenvalue weighted by Crippen LogP contribution is 2.24. The number of pyridine rings is 2. The van der Waals surface area contributed by atoms with Gasteiger partial charge in [-0.3, -0.25) is 9.59 Å². The third-order valence-electron chi connectivity index (χ3n) is 4.91. The van der Waals surface area contributed by atoms with E-state index in [1.54, 1.807) is 36.4 Å². The molecular weight excluding hydrogens is 398 g/mol. The number of carboxylic acids is 1. The number of hydrogen-bond donors (Lipinski definition) is 4. The number of benzene rings is 2. The van der Waals surface area contributed by atoms with Crippen LogP contribution in [0, 0.1) is 0 Å². The van der Waals surface area contributed by atoms with Crippen LogP contribution in [-0.4, -0.2) is 32.1 Å². The normalized spacial score (nSPS) is 10.8. The maximum Gasteiger partial charge on any atom is 0.335 e. The second-order valence-corrected chi connectivity index (χ2v) is 7.00. The summed E-state index contributed by atoms with van der Waals surface area (Å²) >= 11 is 0. The summed E-state index contributed by atoms with van der Waals surface area (Å²) in [6, 6.07) is 17.6. The average molecular weight is 415 g/mol. The van der Waals surface area contributed by atoms with Crippen LogP contribution in [0.15, 0.2) is 65.5 Å². The highest BCUT2D eigenvalue weighted by molar-refractivity contribution is 6.06. The Balaban J connectivity index is 1.69. The van der Waals surface area contributed by atoms with Gasteiger partial charge in [0.1, 0.15) is 11.1 Å². The van der Waals surface area contributed by atoms with E-state index < -0.39 is 23.2 Å². The van der Waals surface area contributed by atoms with Crippen molar-refractivity contribution in [1.82, 2.24) is 9.97 Å². The second-order valence-electron chi connectivity index (χ2n) is 7.00. The quantitative estimate of drug-likeness (QED) is 0.394. The van der Waals surface area contributed by atoms with Crippen LogP contribution in [0.5, 0.6) is 5.75 Å². The van der Waals surface area contributed by atoms with Crippen LogP contribution in [0.3, 0.4) is 0 Å². The topological polar surface area (TPSA) is 146 Å². The van der Waals surface area contributed by atoms with E-state index in [-0.39, 0.29) is 16.6 Å². The predicted octanol–water partition coefficient (Wildman–Crippen LogP) is 2.68. The van der Waals surface area contributed by atoms with E-state index >= 15 is 0 Å². The molecule has 0 unspecified atom stereocenters. The number of hydrogen-bond acceptors (Lipinski definition) is 5. The molecule has 0 bridgehead atoms. The Labute approximate surface area is 175 Å². The van der Waals surface area contributed by atoms with E-state index in [0.717, 1.165) is 16.7 Å². The number of carboxylic acid groups (broad SMARTS) is 1. The molecular formula is C23H17N3O5. The summed E-state index contributed by atoms with van der Waals surface area (Å²) in [6.07, 6.45) is 0.426. The molecule has 0 atom stereocenters. The van der Waals surface area contributed by atoms with Gasteiger partial charge in [-0.15, -0.1) is 0 Å². The van der Waals surface area contributed by atoms with E-state index in [1.165, 1.54) is 0 Å². The van der Waals surface area contributed by atoms with Gasteiger partial charge in [0.25, 0.3) is 11.5 Å². The molecule has 0 aliphatic rings. The van der Waals surface area contributed by atoms with E-state index in [2.05, 4.69) is 9.97 Å². The SMILES string of the molecule is NC(=O)c1c(O)c(=O)[nH]c2ccc(Cc3cccc(-c4ccc(C(=O)O)cc4)c3)nc12. The molecule has 1 amide bonds. The van der Waals surface area contributed by atoms with Gasteiger partial charge in [0, 0.05) is 12.1 Å². The zero-order chi connectivity index (χ0) is 22.1. The third kappa shape index (κ3) is 3.86. The van der Waals surface area contributed by atoms with Crippen LogP contribution in [0.2, 0.25) is 0 Å². The molecule has 0 saturated carbocycles. The lowest BCUT2D eigenvalue weighted by Gasteiger charge is -2.09. The number of H-pyrrole nitrogens is 1. The Morgan fingerprint density at radius 2 is 1.74 bits per heavy atom. The molecule has 2 heterocycles. The first-order valence-corrected chi connectivity index (χ1v) is 9.31. The molecule has 154 valence electrons. The van der Waals surface area contributed by atoms with Gasteiger partial charge in [-0.1, -0.05) is 36.4 Å². The summed E-state index contributed by atoms with van der Waals surface area (Å²) in [5, 5.41) is 19.0. The van der Waals surface area contributed by atoms with Gasteiger partial charge in [-0.25, -0.2) is 9.78 Å². The number of aromatic hydroxyl groups is 1. The van der Waals surface area contributed by atoms with Crippen molar-refractivity contribution in [2.75, 3.05) is 0 Å².